The summed E-state index contributed by atoms with van der Waals surface area (Å²) in [6.07, 6.45) is 4.37. The van der Waals surface area contributed by atoms with Crippen molar-refractivity contribution in [1.82, 2.24) is 0 Å². The Morgan fingerprint density at radius 3 is 2.00 bits per heavy atom. The van der Waals surface area contributed by atoms with Crippen molar-refractivity contribution < 1.29 is 19.1 Å². The maximum Gasteiger partial charge on any atom is 0.306 e. The molecule has 0 radical (unpaired) electrons. The van der Waals surface area contributed by atoms with E-state index >= 15 is 0 Å². The largest absolute Gasteiger partial charge is 0.462 e. The van der Waals surface area contributed by atoms with Gasteiger partial charge in [-0.05, 0) is 32.2 Å². The maximum absolute atomic E-state index is 11.6. The number of carbonyl (C=O) groups is 2. The van der Waals surface area contributed by atoms with Crippen LogP contribution in [0.15, 0.2) is 0 Å². The summed E-state index contributed by atoms with van der Waals surface area (Å²) in [5, 5.41) is 0. The lowest BCUT2D eigenvalue weighted by Crippen LogP contribution is -2.25. The van der Waals surface area contributed by atoms with Crippen LogP contribution in [0.3, 0.4) is 0 Å². The summed E-state index contributed by atoms with van der Waals surface area (Å²) in [7, 11) is 0. The molecular formula is C18H39NO4. The molecule has 0 rings (SSSR count). The van der Waals surface area contributed by atoms with Gasteiger partial charge in [0.15, 0.2) is 0 Å². The van der Waals surface area contributed by atoms with Gasteiger partial charge in [0.25, 0.3) is 0 Å². The number of ether oxygens (including phenoxy) is 2. The van der Waals surface area contributed by atoms with Gasteiger partial charge in [0, 0.05) is 12.8 Å². The van der Waals surface area contributed by atoms with Gasteiger partial charge in [-0.15, -0.1) is 0 Å². The second kappa shape index (κ2) is 23.2. The number of nitrogens with two attached hydrogens (primary N) is 1. The molecule has 0 heterocycles. The van der Waals surface area contributed by atoms with E-state index in [1.807, 2.05) is 41.5 Å². The SMILES string of the molecule is CC.CC.CCCC(=O)OCC(CCC)OC(=O)CCCCN. The van der Waals surface area contributed by atoms with Crippen LogP contribution in [0.4, 0.5) is 0 Å². The molecular weight excluding hydrogens is 294 g/mol. The molecule has 0 saturated carbocycles. The molecule has 0 aromatic rings. The summed E-state index contributed by atoms with van der Waals surface area (Å²) >= 11 is 0. The van der Waals surface area contributed by atoms with Gasteiger partial charge in [0.05, 0.1) is 0 Å². The molecule has 0 bridgehead atoms. The Hall–Kier alpha value is -1.10. The molecule has 23 heavy (non-hydrogen) atoms. The summed E-state index contributed by atoms with van der Waals surface area (Å²) in [6.45, 7) is 12.7. The van der Waals surface area contributed by atoms with Gasteiger partial charge >= 0.3 is 11.9 Å². The second-order valence-corrected chi connectivity index (χ2v) is 4.58. The third-order valence-corrected chi connectivity index (χ3v) is 2.63. The van der Waals surface area contributed by atoms with Crippen molar-refractivity contribution >= 4 is 11.9 Å². The van der Waals surface area contributed by atoms with E-state index < -0.39 is 0 Å². The van der Waals surface area contributed by atoms with Crippen LogP contribution in [-0.2, 0) is 19.1 Å². The molecule has 0 saturated heterocycles. The molecule has 0 spiro atoms. The number of carbonyl (C=O) groups excluding carboxylic acids is 2. The predicted molar refractivity (Wildman–Crippen MR) is 96.3 cm³/mol. The van der Waals surface area contributed by atoms with Crippen LogP contribution < -0.4 is 5.73 Å². The first kappa shape index (κ1) is 26.8. The maximum atomic E-state index is 11.6. The summed E-state index contributed by atoms with van der Waals surface area (Å²) in [4.78, 5) is 22.8. The van der Waals surface area contributed by atoms with Crippen LogP contribution in [0, 0.1) is 0 Å². The predicted octanol–water partition coefficient (Wildman–Crippen LogP) is 4.22. The minimum absolute atomic E-state index is 0.162. The van der Waals surface area contributed by atoms with Gasteiger partial charge < -0.3 is 15.2 Å². The van der Waals surface area contributed by atoms with Crippen LogP contribution in [-0.4, -0.2) is 31.2 Å². The highest BCUT2D eigenvalue weighted by Gasteiger charge is 2.15. The number of hydrogen-bond acceptors (Lipinski definition) is 5. The topological polar surface area (TPSA) is 78.6 Å². The fraction of sp³-hybridized carbons (Fsp3) is 0.889. The average Bonchev–Trinajstić information content (AvgIpc) is 2.57. The Morgan fingerprint density at radius 2 is 1.52 bits per heavy atom. The molecule has 140 valence electrons. The summed E-state index contributed by atoms with van der Waals surface area (Å²) < 4.78 is 10.4. The smallest absolute Gasteiger partial charge is 0.306 e. The van der Waals surface area contributed by atoms with E-state index in [9.17, 15) is 9.59 Å². The van der Waals surface area contributed by atoms with E-state index in [1.54, 1.807) is 0 Å². The molecule has 0 amide bonds. The molecule has 0 aliphatic carbocycles. The van der Waals surface area contributed by atoms with Crippen LogP contribution >= 0.6 is 0 Å². The molecule has 1 unspecified atom stereocenters. The zero-order chi connectivity index (χ0) is 18.5. The van der Waals surface area contributed by atoms with Gasteiger partial charge in [-0.25, -0.2) is 0 Å². The van der Waals surface area contributed by atoms with Crippen molar-refractivity contribution in [2.45, 2.75) is 92.6 Å². The molecule has 0 aromatic heterocycles. The van der Waals surface area contributed by atoms with Crippen molar-refractivity contribution in [2.24, 2.45) is 5.73 Å². The molecule has 0 aromatic carbocycles. The van der Waals surface area contributed by atoms with Crippen molar-refractivity contribution in [2.75, 3.05) is 13.2 Å². The van der Waals surface area contributed by atoms with Crippen molar-refractivity contribution in [3.8, 4) is 0 Å². The monoisotopic (exact) mass is 333 g/mol. The van der Waals surface area contributed by atoms with E-state index in [-0.39, 0.29) is 24.6 Å². The van der Waals surface area contributed by atoms with E-state index in [2.05, 4.69) is 0 Å². The van der Waals surface area contributed by atoms with E-state index in [4.69, 9.17) is 15.2 Å². The zero-order valence-electron chi connectivity index (χ0n) is 16.2. The molecule has 1 atom stereocenters. The van der Waals surface area contributed by atoms with E-state index in [1.165, 1.54) is 0 Å². The first-order chi connectivity index (χ1) is 11.1. The highest BCUT2D eigenvalue weighted by molar-refractivity contribution is 5.70. The number of esters is 2. The number of hydrogen-bond donors (Lipinski definition) is 1. The summed E-state index contributed by atoms with van der Waals surface area (Å²) in [5.74, 6) is -0.471. The van der Waals surface area contributed by atoms with E-state index in [0.29, 0.717) is 25.8 Å². The first-order valence-corrected chi connectivity index (χ1v) is 9.19. The molecule has 5 nitrogen and oxygen atoms in total. The Labute approximate surface area is 143 Å². The normalized spacial score (nSPS) is 10.4. The highest BCUT2D eigenvalue weighted by atomic mass is 16.6. The highest BCUT2D eigenvalue weighted by Crippen LogP contribution is 2.07. The molecule has 0 fully saturated rings. The van der Waals surface area contributed by atoms with Crippen LogP contribution in [0.1, 0.15) is 86.5 Å². The minimum atomic E-state index is -0.323. The lowest BCUT2D eigenvalue weighted by atomic mass is 10.2. The zero-order valence-corrected chi connectivity index (χ0v) is 16.2. The Morgan fingerprint density at radius 1 is 0.913 bits per heavy atom. The Kier molecular flexibility index (Phi) is 27.0. The van der Waals surface area contributed by atoms with Gasteiger partial charge in [-0.2, -0.15) is 0 Å². The fourth-order valence-electron chi connectivity index (χ4n) is 1.62. The van der Waals surface area contributed by atoms with Crippen molar-refractivity contribution in [3.05, 3.63) is 0 Å². The third kappa shape index (κ3) is 20.9. The summed E-state index contributed by atoms with van der Waals surface area (Å²) in [5.41, 5.74) is 5.36. The number of rotatable bonds is 11. The minimum Gasteiger partial charge on any atom is -0.462 e. The molecule has 0 aliphatic rings. The second-order valence-electron chi connectivity index (χ2n) is 4.58. The van der Waals surface area contributed by atoms with Gasteiger partial charge in [-0.1, -0.05) is 48.0 Å². The van der Waals surface area contributed by atoms with Crippen LogP contribution in [0.25, 0.3) is 0 Å². The van der Waals surface area contributed by atoms with Crippen LogP contribution in [0.2, 0.25) is 0 Å². The quantitative estimate of drug-likeness (QED) is 0.452. The molecule has 5 heteroatoms. The standard InChI is InChI=1S/C14H27NO4.2C2H6/c1-3-7-12(11-18-13(16)8-4-2)19-14(17)9-5-6-10-15;2*1-2/h12H,3-11,15H2,1-2H3;2*1-2H3. The number of unbranched alkanes of at least 4 members (excludes halogenated alkanes) is 1. The Balaban J connectivity index is -0.000000919. The van der Waals surface area contributed by atoms with Gasteiger partial charge in [0.1, 0.15) is 12.7 Å². The lowest BCUT2D eigenvalue weighted by molar-refractivity contribution is -0.159. The average molecular weight is 334 g/mol. The lowest BCUT2D eigenvalue weighted by Gasteiger charge is -2.17. The first-order valence-electron chi connectivity index (χ1n) is 9.19. The van der Waals surface area contributed by atoms with E-state index in [0.717, 1.165) is 25.7 Å². The van der Waals surface area contributed by atoms with Crippen molar-refractivity contribution in [1.29, 1.82) is 0 Å². The van der Waals surface area contributed by atoms with Gasteiger partial charge in [-0.3, -0.25) is 9.59 Å². The fourth-order valence-corrected chi connectivity index (χ4v) is 1.62. The van der Waals surface area contributed by atoms with Crippen LogP contribution in [0.5, 0.6) is 0 Å². The third-order valence-electron chi connectivity index (χ3n) is 2.63. The van der Waals surface area contributed by atoms with Gasteiger partial charge in [0.2, 0.25) is 0 Å². The summed E-state index contributed by atoms with van der Waals surface area (Å²) in [6, 6.07) is 0. The Bertz CT molecular complexity index is 257. The molecule has 2 N–H and O–H groups in total. The van der Waals surface area contributed by atoms with Crippen molar-refractivity contribution in [3.63, 3.8) is 0 Å². The molecule has 0 aliphatic heterocycles.